The van der Waals surface area contributed by atoms with Crippen molar-refractivity contribution in [3.63, 3.8) is 0 Å². The Morgan fingerprint density at radius 2 is 1.73 bits per heavy atom. The predicted octanol–water partition coefficient (Wildman–Crippen LogP) is 4.19. The maximum absolute atomic E-state index is 12.2. The molecule has 22 heavy (non-hydrogen) atoms. The van der Waals surface area contributed by atoms with E-state index in [2.05, 4.69) is 5.32 Å². The maximum atomic E-state index is 12.2. The van der Waals surface area contributed by atoms with Gasteiger partial charge in [-0.25, -0.2) is 0 Å². The topological polar surface area (TPSA) is 47.6 Å². The molecule has 0 unspecified atom stereocenters. The number of nitrogens with one attached hydrogen (secondary N) is 1. The summed E-state index contributed by atoms with van der Waals surface area (Å²) in [6.45, 7) is 0. The van der Waals surface area contributed by atoms with E-state index in [0.29, 0.717) is 27.2 Å². The highest BCUT2D eigenvalue weighted by Crippen LogP contribution is 2.26. The molecular weight excluding hydrogens is 325 g/mol. The minimum atomic E-state index is -0.204. The van der Waals surface area contributed by atoms with Gasteiger partial charge in [-0.15, -0.1) is 0 Å². The highest BCUT2D eigenvalue weighted by atomic mass is 35.5. The SMILES string of the molecule is COc1ccc(OC)c(CC(=O)Nc2cc(Cl)cc(Cl)c2)c1. The van der Waals surface area contributed by atoms with Gasteiger partial charge in [0, 0.05) is 21.3 Å². The minimum absolute atomic E-state index is 0.143. The second-order valence-electron chi connectivity index (χ2n) is 4.56. The van der Waals surface area contributed by atoms with Crippen LogP contribution in [0.25, 0.3) is 0 Å². The van der Waals surface area contributed by atoms with E-state index in [1.165, 1.54) is 0 Å². The van der Waals surface area contributed by atoms with Gasteiger partial charge in [0.15, 0.2) is 0 Å². The van der Waals surface area contributed by atoms with Gasteiger partial charge in [-0.1, -0.05) is 23.2 Å². The Morgan fingerprint density at radius 3 is 2.32 bits per heavy atom. The number of anilines is 1. The monoisotopic (exact) mass is 339 g/mol. The van der Waals surface area contributed by atoms with Gasteiger partial charge in [-0.3, -0.25) is 4.79 Å². The summed E-state index contributed by atoms with van der Waals surface area (Å²) in [4.78, 5) is 12.2. The van der Waals surface area contributed by atoms with Crippen LogP contribution in [0.5, 0.6) is 11.5 Å². The number of benzene rings is 2. The van der Waals surface area contributed by atoms with Gasteiger partial charge in [-0.05, 0) is 36.4 Å². The van der Waals surface area contributed by atoms with E-state index in [1.807, 2.05) is 0 Å². The van der Waals surface area contributed by atoms with Crippen LogP contribution in [0.3, 0.4) is 0 Å². The molecule has 1 amide bonds. The fraction of sp³-hybridized carbons (Fsp3) is 0.188. The number of hydrogen-bond acceptors (Lipinski definition) is 3. The lowest BCUT2D eigenvalue weighted by molar-refractivity contribution is -0.115. The molecule has 0 aliphatic carbocycles. The molecule has 0 saturated carbocycles. The molecule has 0 heterocycles. The molecule has 2 aromatic carbocycles. The molecule has 4 nitrogen and oxygen atoms in total. The van der Waals surface area contributed by atoms with Crippen molar-refractivity contribution >= 4 is 34.8 Å². The van der Waals surface area contributed by atoms with Crippen LogP contribution in [0.1, 0.15) is 5.56 Å². The highest BCUT2D eigenvalue weighted by molar-refractivity contribution is 6.35. The molecule has 0 aromatic heterocycles. The third-order valence-corrected chi connectivity index (χ3v) is 3.42. The zero-order valence-electron chi connectivity index (χ0n) is 12.2. The van der Waals surface area contributed by atoms with Crippen LogP contribution in [0.2, 0.25) is 10.0 Å². The largest absolute Gasteiger partial charge is 0.497 e. The van der Waals surface area contributed by atoms with E-state index in [-0.39, 0.29) is 12.3 Å². The van der Waals surface area contributed by atoms with Crippen molar-refractivity contribution in [1.29, 1.82) is 0 Å². The number of hydrogen-bond donors (Lipinski definition) is 1. The van der Waals surface area contributed by atoms with Gasteiger partial charge in [0.25, 0.3) is 0 Å². The van der Waals surface area contributed by atoms with E-state index in [1.54, 1.807) is 50.6 Å². The van der Waals surface area contributed by atoms with E-state index in [4.69, 9.17) is 32.7 Å². The molecule has 0 bridgehead atoms. The van der Waals surface area contributed by atoms with Gasteiger partial charge in [-0.2, -0.15) is 0 Å². The molecule has 0 aliphatic heterocycles. The molecule has 1 N–H and O–H groups in total. The van der Waals surface area contributed by atoms with Crippen LogP contribution in [0.4, 0.5) is 5.69 Å². The number of methoxy groups -OCH3 is 2. The van der Waals surface area contributed by atoms with Crippen LogP contribution in [-0.2, 0) is 11.2 Å². The van der Waals surface area contributed by atoms with E-state index in [0.717, 1.165) is 5.56 Å². The van der Waals surface area contributed by atoms with Crippen LogP contribution in [0, 0.1) is 0 Å². The zero-order valence-corrected chi connectivity index (χ0v) is 13.7. The quantitative estimate of drug-likeness (QED) is 0.888. The number of amides is 1. The van der Waals surface area contributed by atoms with Crippen LogP contribution in [0.15, 0.2) is 36.4 Å². The summed E-state index contributed by atoms with van der Waals surface area (Å²) in [6, 6.07) is 10.2. The summed E-state index contributed by atoms with van der Waals surface area (Å²) in [7, 11) is 3.12. The smallest absolute Gasteiger partial charge is 0.228 e. The van der Waals surface area contributed by atoms with E-state index >= 15 is 0 Å². The number of rotatable bonds is 5. The molecule has 0 radical (unpaired) electrons. The minimum Gasteiger partial charge on any atom is -0.497 e. The predicted molar refractivity (Wildman–Crippen MR) is 88.3 cm³/mol. The molecule has 0 spiro atoms. The molecule has 0 fully saturated rings. The lowest BCUT2D eigenvalue weighted by Crippen LogP contribution is -2.15. The first-order valence-electron chi connectivity index (χ1n) is 6.48. The second kappa shape index (κ2) is 7.38. The Labute approximate surface area is 138 Å². The zero-order chi connectivity index (χ0) is 16.1. The first-order valence-corrected chi connectivity index (χ1v) is 7.24. The summed E-state index contributed by atoms with van der Waals surface area (Å²) < 4.78 is 10.4. The molecule has 6 heteroatoms. The van der Waals surface area contributed by atoms with Crippen LogP contribution in [-0.4, -0.2) is 20.1 Å². The van der Waals surface area contributed by atoms with Gasteiger partial charge in [0.05, 0.1) is 20.6 Å². The third kappa shape index (κ3) is 4.29. The van der Waals surface area contributed by atoms with Crippen LogP contribution >= 0.6 is 23.2 Å². The highest BCUT2D eigenvalue weighted by Gasteiger charge is 2.11. The first-order chi connectivity index (χ1) is 10.5. The Morgan fingerprint density at radius 1 is 1.05 bits per heavy atom. The molecular formula is C16H15Cl2NO3. The summed E-state index contributed by atoms with van der Waals surface area (Å²) in [5.41, 5.74) is 1.27. The number of carbonyl (C=O) groups excluding carboxylic acids is 1. The lowest BCUT2D eigenvalue weighted by Gasteiger charge is -2.11. The van der Waals surface area contributed by atoms with Crippen molar-refractivity contribution in [2.75, 3.05) is 19.5 Å². The van der Waals surface area contributed by atoms with Gasteiger partial charge >= 0.3 is 0 Å². The summed E-state index contributed by atoms with van der Waals surface area (Å²) >= 11 is 11.8. The Bertz CT molecular complexity index is 669. The Hall–Kier alpha value is -1.91. The molecule has 2 aromatic rings. The van der Waals surface area contributed by atoms with Gasteiger partial charge in [0.2, 0.25) is 5.91 Å². The maximum Gasteiger partial charge on any atom is 0.228 e. The van der Waals surface area contributed by atoms with Gasteiger partial charge < -0.3 is 14.8 Å². The van der Waals surface area contributed by atoms with E-state index < -0.39 is 0 Å². The average molecular weight is 340 g/mol. The summed E-state index contributed by atoms with van der Waals surface area (Å²) in [5, 5.41) is 3.68. The fourth-order valence-electron chi connectivity index (χ4n) is 2.02. The Kier molecular flexibility index (Phi) is 5.52. The van der Waals surface area contributed by atoms with Crippen molar-refractivity contribution in [3.8, 4) is 11.5 Å². The second-order valence-corrected chi connectivity index (χ2v) is 5.43. The molecule has 2 rings (SSSR count). The van der Waals surface area contributed by atoms with Crippen molar-refractivity contribution in [2.24, 2.45) is 0 Å². The van der Waals surface area contributed by atoms with Crippen molar-refractivity contribution in [1.82, 2.24) is 0 Å². The van der Waals surface area contributed by atoms with Crippen molar-refractivity contribution < 1.29 is 14.3 Å². The summed E-state index contributed by atoms with van der Waals surface area (Å²) in [5.74, 6) is 1.08. The molecule has 0 atom stereocenters. The number of ether oxygens (including phenoxy) is 2. The third-order valence-electron chi connectivity index (χ3n) is 2.98. The van der Waals surface area contributed by atoms with E-state index in [9.17, 15) is 4.79 Å². The molecule has 116 valence electrons. The number of halogens is 2. The van der Waals surface area contributed by atoms with Crippen molar-refractivity contribution in [3.05, 3.63) is 52.0 Å². The Balaban J connectivity index is 2.14. The summed E-state index contributed by atoms with van der Waals surface area (Å²) in [6.07, 6.45) is 0.143. The fourth-order valence-corrected chi connectivity index (χ4v) is 2.55. The van der Waals surface area contributed by atoms with Crippen molar-refractivity contribution in [2.45, 2.75) is 6.42 Å². The molecule has 0 saturated heterocycles. The molecule has 0 aliphatic rings. The normalized spacial score (nSPS) is 10.2. The first kappa shape index (κ1) is 16.5. The van der Waals surface area contributed by atoms with Crippen LogP contribution < -0.4 is 14.8 Å². The average Bonchev–Trinajstić information content (AvgIpc) is 2.45. The standard InChI is InChI=1S/C16H15Cl2NO3/c1-21-14-3-4-15(22-2)10(5-14)6-16(20)19-13-8-11(17)7-12(18)9-13/h3-5,7-9H,6H2,1-2H3,(H,19,20). The number of carbonyl (C=O) groups is 1. The lowest BCUT2D eigenvalue weighted by atomic mass is 10.1. The van der Waals surface area contributed by atoms with Gasteiger partial charge in [0.1, 0.15) is 11.5 Å².